The van der Waals surface area contributed by atoms with E-state index >= 15 is 0 Å². The Balaban J connectivity index is 1.32. The first-order chi connectivity index (χ1) is 13.6. The van der Waals surface area contributed by atoms with Gasteiger partial charge in [-0.1, -0.05) is 11.6 Å². The van der Waals surface area contributed by atoms with Crippen LogP contribution in [0.3, 0.4) is 0 Å². The summed E-state index contributed by atoms with van der Waals surface area (Å²) in [7, 11) is 0. The summed E-state index contributed by atoms with van der Waals surface area (Å²) < 4.78 is 5.77. The average molecular weight is 398 g/mol. The monoisotopic (exact) mass is 397 g/mol. The van der Waals surface area contributed by atoms with Crippen LogP contribution in [0.4, 0.5) is 5.95 Å². The maximum absolute atomic E-state index is 5.89. The Hall–Kier alpha value is -2.60. The zero-order chi connectivity index (χ0) is 19.5. The molecule has 1 aromatic carbocycles. The molecule has 0 saturated carbocycles. The minimum Gasteiger partial charge on any atom is -0.493 e. The fraction of sp³-hybridized carbons (Fsp3) is 0.381. The van der Waals surface area contributed by atoms with Crippen molar-refractivity contribution < 1.29 is 4.74 Å². The van der Waals surface area contributed by atoms with Gasteiger partial charge < -0.3 is 9.64 Å². The van der Waals surface area contributed by atoms with Crippen LogP contribution in [0, 0.1) is 13.8 Å². The lowest BCUT2D eigenvalue weighted by molar-refractivity contribution is 0.320. The molecule has 28 heavy (non-hydrogen) atoms. The van der Waals surface area contributed by atoms with Crippen molar-refractivity contribution in [2.24, 2.45) is 0 Å². The van der Waals surface area contributed by atoms with Gasteiger partial charge in [0.2, 0.25) is 5.95 Å². The van der Waals surface area contributed by atoms with E-state index in [4.69, 9.17) is 16.3 Å². The highest BCUT2D eigenvalue weighted by molar-refractivity contribution is 6.30. The Morgan fingerprint density at radius 3 is 2.64 bits per heavy atom. The molecule has 146 valence electrons. The topological polar surface area (TPSA) is 66.9 Å². The number of aromatic nitrogens is 4. The van der Waals surface area contributed by atoms with Gasteiger partial charge in [0.05, 0.1) is 12.3 Å². The number of nitrogens with zero attached hydrogens (tertiary/aromatic N) is 4. The first kappa shape index (κ1) is 18.7. The Morgan fingerprint density at radius 1 is 1.14 bits per heavy atom. The third-order valence-corrected chi connectivity index (χ3v) is 5.22. The van der Waals surface area contributed by atoms with Crippen LogP contribution in [0.1, 0.15) is 35.1 Å². The fourth-order valence-electron chi connectivity index (χ4n) is 3.56. The molecule has 4 rings (SSSR count). The van der Waals surface area contributed by atoms with Crippen molar-refractivity contribution in [3.05, 3.63) is 64.2 Å². The second kappa shape index (κ2) is 8.19. The molecule has 1 N–H and O–H groups in total. The lowest BCUT2D eigenvalue weighted by Crippen LogP contribution is -2.22. The molecule has 1 saturated heterocycles. The minimum atomic E-state index is 0.395. The molecule has 1 aliphatic rings. The second-order valence-corrected chi connectivity index (χ2v) is 7.69. The van der Waals surface area contributed by atoms with Gasteiger partial charge in [0.1, 0.15) is 5.75 Å². The zero-order valence-electron chi connectivity index (χ0n) is 16.2. The number of rotatable bonds is 6. The number of benzene rings is 1. The van der Waals surface area contributed by atoms with E-state index in [1.807, 2.05) is 44.2 Å². The first-order valence-electron chi connectivity index (χ1n) is 9.56. The van der Waals surface area contributed by atoms with Gasteiger partial charge >= 0.3 is 0 Å². The standard InChI is InChI=1S/C21H24ClN5O/c1-14-11-15(2)24-21(23-14)27-9-7-16(13-27)20-12-18(25-26-20)8-10-28-19-5-3-17(22)4-6-19/h3-6,11-12,16H,7-10,13H2,1-2H3,(H,25,26). The van der Waals surface area contributed by atoms with Gasteiger partial charge in [0, 0.05) is 47.5 Å². The summed E-state index contributed by atoms with van der Waals surface area (Å²) in [6.07, 6.45) is 1.84. The van der Waals surface area contributed by atoms with Crippen molar-refractivity contribution in [2.75, 3.05) is 24.6 Å². The Kier molecular flexibility index (Phi) is 5.48. The van der Waals surface area contributed by atoms with Gasteiger partial charge in [-0.05, 0) is 56.7 Å². The van der Waals surface area contributed by atoms with Crippen LogP contribution in [-0.4, -0.2) is 39.9 Å². The van der Waals surface area contributed by atoms with Crippen molar-refractivity contribution in [3.63, 3.8) is 0 Å². The van der Waals surface area contributed by atoms with E-state index < -0.39 is 0 Å². The molecule has 1 atom stereocenters. The molecule has 3 heterocycles. The Bertz CT molecular complexity index is 920. The number of anilines is 1. The van der Waals surface area contributed by atoms with Gasteiger partial charge in [0.25, 0.3) is 0 Å². The zero-order valence-corrected chi connectivity index (χ0v) is 16.9. The highest BCUT2D eigenvalue weighted by atomic mass is 35.5. The SMILES string of the molecule is Cc1cc(C)nc(N2CCC(c3cc(CCOc4ccc(Cl)cc4)[nH]n3)C2)n1. The third-order valence-electron chi connectivity index (χ3n) is 4.96. The summed E-state index contributed by atoms with van der Waals surface area (Å²) >= 11 is 5.89. The number of aromatic amines is 1. The summed E-state index contributed by atoms with van der Waals surface area (Å²) in [5, 5.41) is 8.39. The second-order valence-electron chi connectivity index (χ2n) is 7.25. The minimum absolute atomic E-state index is 0.395. The maximum Gasteiger partial charge on any atom is 0.225 e. The van der Waals surface area contributed by atoms with E-state index in [1.165, 1.54) is 0 Å². The van der Waals surface area contributed by atoms with Crippen LogP contribution in [0.15, 0.2) is 36.4 Å². The number of halogens is 1. The summed E-state index contributed by atoms with van der Waals surface area (Å²) in [4.78, 5) is 11.4. The van der Waals surface area contributed by atoms with Gasteiger partial charge in [-0.3, -0.25) is 5.10 Å². The molecule has 2 aromatic heterocycles. The molecular formula is C21H24ClN5O. The fourth-order valence-corrected chi connectivity index (χ4v) is 3.68. The molecule has 0 bridgehead atoms. The number of nitrogens with one attached hydrogen (secondary N) is 1. The maximum atomic E-state index is 5.89. The van der Waals surface area contributed by atoms with E-state index in [9.17, 15) is 0 Å². The summed E-state index contributed by atoms with van der Waals surface area (Å²) in [6.45, 7) is 6.47. The number of ether oxygens (including phenoxy) is 1. The highest BCUT2D eigenvalue weighted by Crippen LogP contribution is 2.28. The van der Waals surface area contributed by atoms with Crippen LogP contribution in [0.2, 0.25) is 5.02 Å². The van der Waals surface area contributed by atoms with Crippen molar-refractivity contribution >= 4 is 17.5 Å². The predicted molar refractivity (Wildman–Crippen MR) is 110 cm³/mol. The number of hydrogen-bond donors (Lipinski definition) is 1. The van der Waals surface area contributed by atoms with E-state index in [-0.39, 0.29) is 0 Å². The van der Waals surface area contributed by atoms with Crippen LogP contribution in [-0.2, 0) is 6.42 Å². The molecule has 1 unspecified atom stereocenters. The lowest BCUT2D eigenvalue weighted by atomic mass is 10.0. The smallest absolute Gasteiger partial charge is 0.225 e. The average Bonchev–Trinajstić information content (AvgIpc) is 3.32. The summed E-state index contributed by atoms with van der Waals surface area (Å²) in [5.74, 6) is 2.04. The van der Waals surface area contributed by atoms with Crippen molar-refractivity contribution in [2.45, 2.75) is 32.6 Å². The first-order valence-corrected chi connectivity index (χ1v) is 9.94. The quantitative estimate of drug-likeness (QED) is 0.678. The predicted octanol–water partition coefficient (Wildman–Crippen LogP) is 4.09. The summed E-state index contributed by atoms with van der Waals surface area (Å²) in [5.41, 5.74) is 4.21. The van der Waals surface area contributed by atoms with Gasteiger partial charge in [-0.25, -0.2) is 9.97 Å². The molecule has 0 spiro atoms. The molecule has 7 heteroatoms. The molecular weight excluding hydrogens is 374 g/mol. The van der Waals surface area contributed by atoms with Gasteiger partial charge in [-0.2, -0.15) is 5.10 Å². The van der Waals surface area contributed by atoms with Crippen LogP contribution < -0.4 is 9.64 Å². The molecule has 1 aliphatic heterocycles. The lowest BCUT2D eigenvalue weighted by Gasteiger charge is -2.16. The summed E-state index contributed by atoms with van der Waals surface area (Å²) in [6, 6.07) is 11.6. The molecule has 0 radical (unpaired) electrons. The van der Waals surface area contributed by atoms with E-state index in [2.05, 4.69) is 31.1 Å². The van der Waals surface area contributed by atoms with Crippen molar-refractivity contribution in [1.29, 1.82) is 0 Å². The van der Waals surface area contributed by atoms with E-state index in [1.54, 1.807) is 0 Å². The largest absolute Gasteiger partial charge is 0.493 e. The van der Waals surface area contributed by atoms with Crippen LogP contribution >= 0.6 is 11.6 Å². The molecule has 1 fully saturated rings. The van der Waals surface area contributed by atoms with E-state index in [0.29, 0.717) is 17.5 Å². The Morgan fingerprint density at radius 2 is 1.89 bits per heavy atom. The molecule has 0 amide bonds. The van der Waals surface area contributed by atoms with Crippen LogP contribution in [0.25, 0.3) is 0 Å². The van der Waals surface area contributed by atoms with Crippen LogP contribution in [0.5, 0.6) is 5.75 Å². The molecule has 0 aliphatic carbocycles. The van der Waals surface area contributed by atoms with E-state index in [0.717, 1.165) is 60.4 Å². The Labute approximate surface area is 169 Å². The number of H-pyrrole nitrogens is 1. The molecule has 3 aromatic rings. The van der Waals surface area contributed by atoms with Gasteiger partial charge in [0.15, 0.2) is 0 Å². The van der Waals surface area contributed by atoms with Crippen molar-refractivity contribution in [1.82, 2.24) is 20.2 Å². The highest BCUT2D eigenvalue weighted by Gasteiger charge is 2.27. The normalized spacial score (nSPS) is 16.5. The number of aryl methyl sites for hydroxylation is 2. The van der Waals surface area contributed by atoms with Gasteiger partial charge in [-0.15, -0.1) is 0 Å². The third kappa shape index (κ3) is 4.44. The number of hydrogen-bond acceptors (Lipinski definition) is 5. The molecule has 6 nitrogen and oxygen atoms in total. The van der Waals surface area contributed by atoms with Crippen molar-refractivity contribution in [3.8, 4) is 5.75 Å².